The average molecular weight is 368 g/mol. The van der Waals surface area contributed by atoms with Gasteiger partial charge in [-0.25, -0.2) is 8.42 Å². The third-order valence-corrected chi connectivity index (χ3v) is 6.85. The SMILES string of the molecule is CCCN1C(=O)C[C@@H](S(=O)(=O)c2ccccc2)[C@@H]1c1ccc(C#N)cc1. The van der Waals surface area contributed by atoms with Gasteiger partial charge in [-0.1, -0.05) is 37.3 Å². The van der Waals surface area contributed by atoms with Crippen molar-refractivity contribution in [3.05, 3.63) is 65.7 Å². The van der Waals surface area contributed by atoms with Gasteiger partial charge in [-0.05, 0) is 36.2 Å². The standard InChI is InChI=1S/C20H20N2O3S/c1-2-12-22-19(23)13-18(26(24,25)17-6-4-3-5-7-17)20(22)16-10-8-15(14-21)9-11-16/h3-11,18,20H,2,12-13H2,1H3/t18-,20+/m1/s1. The number of hydrogen-bond acceptors (Lipinski definition) is 4. The third kappa shape index (κ3) is 3.23. The van der Waals surface area contributed by atoms with Crippen LogP contribution in [0.1, 0.15) is 36.9 Å². The van der Waals surface area contributed by atoms with Crippen LogP contribution in [-0.4, -0.2) is 31.0 Å². The molecule has 5 nitrogen and oxygen atoms in total. The van der Waals surface area contributed by atoms with Gasteiger partial charge >= 0.3 is 0 Å². The van der Waals surface area contributed by atoms with Crippen LogP contribution in [-0.2, 0) is 14.6 Å². The largest absolute Gasteiger partial charge is 0.334 e. The molecule has 1 amide bonds. The lowest BCUT2D eigenvalue weighted by Crippen LogP contribution is -2.33. The van der Waals surface area contributed by atoms with Crippen LogP contribution in [0.4, 0.5) is 0 Å². The number of carbonyl (C=O) groups excluding carboxylic acids is 1. The number of nitrogens with zero attached hydrogens (tertiary/aromatic N) is 2. The summed E-state index contributed by atoms with van der Waals surface area (Å²) in [6.45, 7) is 2.46. The Morgan fingerprint density at radius 3 is 2.35 bits per heavy atom. The highest BCUT2D eigenvalue weighted by molar-refractivity contribution is 7.92. The molecule has 0 bridgehead atoms. The first-order valence-electron chi connectivity index (χ1n) is 8.57. The van der Waals surface area contributed by atoms with E-state index >= 15 is 0 Å². The first-order chi connectivity index (χ1) is 12.5. The zero-order chi connectivity index (χ0) is 18.7. The minimum atomic E-state index is -3.66. The van der Waals surface area contributed by atoms with Crippen molar-refractivity contribution in [1.82, 2.24) is 4.90 Å². The molecule has 1 aliphatic heterocycles. The number of likely N-dealkylation sites (tertiary alicyclic amines) is 1. The molecular weight excluding hydrogens is 348 g/mol. The van der Waals surface area contributed by atoms with Crippen LogP contribution in [0.3, 0.4) is 0 Å². The number of carbonyl (C=O) groups is 1. The minimum absolute atomic E-state index is 0.0259. The molecule has 134 valence electrons. The Morgan fingerprint density at radius 2 is 1.77 bits per heavy atom. The highest BCUT2D eigenvalue weighted by Gasteiger charge is 2.47. The average Bonchev–Trinajstić information content (AvgIpc) is 3.00. The number of rotatable bonds is 5. The lowest BCUT2D eigenvalue weighted by molar-refractivity contribution is -0.129. The van der Waals surface area contributed by atoms with E-state index in [1.165, 1.54) is 0 Å². The lowest BCUT2D eigenvalue weighted by Gasteiger charge is -2.28. The molecule has 1 fully saturated rings. The van der Waals surface area contributed by atoms with Crippen LogP contribution in [0.5, 0.6) is 0 Å². The topological polar surface area (TPSA) is 78.2 Å². The van der Waals surface area contributed by atoms with Gasteiger partial charge in [0, 0.05) is 13.0 Å². The van der Waals surface area contributed by atoms with Gasteiger partial charge in [0.2, 0.25) is 5.91 Å². The molecule has 3 rings (SSSR count). The first kappa shape index (κ1) is 18.2. The van der Waals surface area contributed by atoms with E-state index in [1.807, 2.05) is 6.92 Å². The van der Waals surface area contributed by atoms with E-state index in [-0.39, 0.29) is 17.2 Å². The molecule has 0 radical (unpaired) electrons. The highest BCUT2D eigenvalue weighted by atomic mass is 32.2. The van der Waals surface area contributed by atoms with Gasteiger partial charge in [-0.15, -0.1) is 0 Å². The molecule has 0 saturated carbocycles. The van der Waals surface area contributed by atoms with Gasteiger partial charge in [0.25, 0.3) is 0 Å². The third-order valence-electron chi connectivity index (χ3n) is 4.70. The maximum Gasteiger partial charge on any atom is 0.224 e. The summed E-state index contributed by atoms with van der Waals surface area (Å²) in [7, 11) is -3.66. The van der Waals surface area contributed by atoms with Gasteiger partial charge in [0.15, 0.2) is 9.84 Å². The molecule has 6 heteroatoms. The summed E-state index contributed by atoms with van der Waals surface area (Å²) in [6.07, 6.45) is 0.721. The number of nitriles is 1. The quantitative estimate of drug-likeness (QED) is 0.812. The van der Waals surface area contributed by atoms with Gasteiger partial charge in [0.1, 0.15) is 0 Å². The predicted octanol–water partition coefficient (Wildman–Crippen LogP) is 3.08. The van der Waals surface area contributed by atoms with E-state index in [2.05, 4.69) is 6.07 Å². The molecule has 26 heavy (non-hydrogen) atoms. The fourth-order valence-corrected chi connectivity index (χ4v) is 5.37. The Hall–Kier alpha value is -2.65. The molecule has 1 heterocycles. The maximum atomic E-state index is 13.2. The van der Waals surface area contributed by atoms with E-state index in [9.17, 15) is 13.2 Å². The van der Waals surface area contributed by atoms with Crippen molar-refractivity contribution in [2.24, 2.45) is 0 Å². The van der Waals surface area contributed by atoms with E-state index < -0.39 is 21.1 Å². The summed E-state index contributed by atoms with van der Waals surface area (Å²) < 4.78 is 26.4. The minimum Gasteiger partial charge on any atom is -0.334 e. The van der Waals surface area contributed by atoms with Gasteiger partial charge in [0.05, 0.1) is 27.8 Å². The van der Waals surface area contributed by atoms with Gasteiger partial charge in [-0.2, -0.15) is 5.26 Å². The molecule has 0 unspecified atom stereocenters. The lowest BCUT2D eigenvalue weighted by atomic mass is 10.0. The molecule has 1 aliphatic rings. The van der Waals surface area contributed by atoms with Crippen molar-refractivity contribution >= 4 is 15.7 Å². The summed E-state index contributed by atoms with van der Waals surface area (Å²) in [5.41, 5.74) is 1.25. The smallest absolute Gasteiger partial charge is 0.224 e. The zero-order valence-corrected chi connectivity index (χ0v) is 15.3. The van der Waals surface area contributed by atoms with Crippen molar-refractivity contribution < 1.29 is 13.2 Å². The molecule has 0 N–H and O–H groups in total. The molecular formula is C20H20N2O3S. The van der Waals surface area contributed by atoms with Crippen LogP contribution < -0.4 is 0 Å². The van der Waals surface area contributed by atoms with Gasteiger partial charge in [-0.3, -0.25) is 4.79 Å². The normalized spacial score (nSPS) is 20.2. The Labute approximate surface area is 153 Å². The number of amides is 1. The van der Waals surface area contributed by atoms with Gasteiger partial charge < -0.3 is 4.90 Å². The molecule has 2 aromatic rings. The fourth-order valence-electron chi connectivity index (χ4n) is 3.48. The van der Waals surface area contributed by atoms with Crippen molar-refractivity contribution in [3.63, 3.8) is 0 Å². The van der Waals surface area contributed by atoms with E-state index in [0.717, 1.165) is 12.0 Å². The van der Waals surface area contributed by atoms with Crippen LogP contribution in [0.2, 0.25) is 0 Å². The van der Waals surface area contributed by atoms with Crippen molar-refractivity contribution in [1.29, 1.82) is 5.26 Å². The second kappa shape index (κ2) is 7.30. The summed E-state index contributed by atoms with van der Waals surface area (Å²) in [6, 6.07) is 16.6. The maximum absolute atomic E-state index is 13.2. The van der Waals surface area contributed by atoms with Crippen LogP contribution in [0, 0.1) is 11.3 Å². The van der Waals surface area contributed by atoms with Crippen molar-refractivity contribution in [3.8, 4) is 6.07 Å². The van der Waals surface area contributed by atoms with Crippen molar-refractivity contribution in [2.45, 2.75) is 36.0 Å². The Kier molecular flexibility index (Phi) is 5.10. The van der Waals surface area contributed by atoms with E-state index in [4.69, 9.17) is 5.26 Å². The summed E-state index contributed by atoms with van der Waals surface area (Å²) >= 11 is 0. The monoisotopic (exact) mass is 368 g/mol. The molecule has 0 spiro atoms. The van der Waals surface area contributed by atoms with E-state index in [0.29, 0.717) is 12.1 Å². The summed E-state index contributed by atoms with van der Waals surface area (Å²) in [4.78, 5) is 14.5. The van der Waals surface area contributed by atoms with Crippen LogP contribution >= 0.6 is 0 Å². The molecule has 0 aromatic heterocycles. The first-order valence-corrected chi connectivity index (χ1v) is 10.1. The Bertz CT molecular complexity index is 931. The van der Waals surface area contributed by atoms with E-state index in [1.54, 1.807) is 59.5 Å². The second-order valence-electron chi connectivity index (χ2n) is 6.37. The highest BCUT2D eigenvalue weighted by Crippen LogP contribution is 2.39. The number of benzene rings is 2. The molecule has 2 atom stereocenters. The van der Waals surface area contributed by atoms with Crippen molar-refractivity contribution in [2.75, 3.05) is 6.54 Å². The molecule has 0 aliphatic carbocycles. The van der Waals surface area contributed by atoms with Crippen LogP contribution in [0.15, 0.2) is 59.5 Å². The molecule has 1 saturated heterocycles. The number of hydrogen-bond donors (Lipinski definition) is 0. The predicted molar refractivity (Wildman–Crippen MR) is 97.9 cm³/mol. The fraction of sp³-hybridized carbons (Fsp3) is 0.300. The number of sulfone groups is 1. The molecule has 2 aromatic carbocycles. The Morgan fingerprint density at radius 1 is 1.12 bits per heavy atom. The Balaban J connectivity index is 2.07. The van der Waals surface area contributed by atoms with Crippen LogP contribution in [0.25, 0.3) is 0 Å². The zero-order valence-electron chi connectivity index (χ0n) is 14.5. The summed E-state index contributed by atoms with van der Waals surface area (Å²) in [5.74, 6) is -0.147. The summed E-state index contributed by atoms with van der Waals surface area (Å²) in [5, 5.41) is 8.16. The second-order valence-corrected chi connectivity index (χ2v) is 8.53.